The summed E-state index contributed by atoms with van der Waals surface area (Å²) in [7, 11) is 0. The maximum atomic E-state index is 14.8. The van der Waals surface area contributed by atoms with Gasteiger partial charge in [0.25, 0.3) is 0 Å². The van der Waals surface area contributed by atoms with E-state index < -0.39 is 0 Å². The van der Waals surface area contributed by atoms with Crippen LogP contribution in [0.15, 0.2) is 30.7 Å². The maximum absolute atomic E-state index is 14.8. The molecule has 1 aliphatic carbocycles. The fourth-order valence-electron chi connectivity index (χ4n) is 4.46. The van der Waals surface area contributed by atoms with E-state index in [1.54, 1.807) is 12.5 Å². The van der Waals surface area contributed by atoms with E-state index in [2.05, 4.69) is 22.2 Å². The van der Waals surface area contributed by atoms with E-state index in [0.29, 0.717) is 17.3 Å². The number of nitrogens with one attached hydrogen (secondary N) is 1. The number of carbonyl (C=O) groups is 1. The number of hydrogen-bond acceptors (Lipinski definition) is 3. The van der Waals surface area contributed by atoms with E-state index in [1.165, 1.54) is 12.5 Å². The number of hydrogen-bond donors (Lipinski definition) is 1. The first kappa shape index (κ1) is 20.5. The summed E-state index contributed by atoms with van der Waals surface area (Å²) in [5.41, 5.74) is 3.67. The Bertz CT molecular complexity index is 1090. The highest BCUT2D eigenvalue weighted by Gasteiger charge is 2.25. The Morgan fingerprint density at radius 3 is 2.77 bits per heavy atom. The predicted molar refractivity (Wildman–Crippen MR) is 118 cm³/mol. The van der Waals surface area contributed by atoms with Gasteiger partial charge in [0.1, 0.15) is 11.3 Å². The second-order valence-electron chi connectivity index (χ2n) is 8.91. The minimum atomic E-state index is -0.347. The van der Waals surface area contributed by atoms with E-state index in [-0.39, 0.29) is 23.7 Å². The number of nitrogens with zero attached hydrogens (tertiary/aromatic N) is 3. The van der Waals surface area contributed by atoms with Crippen molar-refractivity contribution in [1.82, 2.24) is 14.5 Å². The Kier molecular flexibility index (Phi) is 5.58. The van der Waals surface area contributed by atoms with Gasteiger partial charge >= 0.3 is 0 Å². The highest BCUT2D eigenvalue weighted by atomic mass is 19.1. The highest BCUT2D eigenvalue weighted by Crippen LogP contribution is 2.32. The molecule has 2 aromatic heterocycles. The lowest BCUT2D eigenvalue weighted by atomic mass is 9.82. The zero-order chi connectivity index (χ0) is 21.4. The Morgan fingerprint density at radius 2 is 2.03 bits per heavy atom. The molecule has 2 atom stereocenters. The number of benzene rings is 1. The molecule has 4 rings (SSSR count). The van der Waals surface area contributed by atoms with Crippen molar-refractivity contribution < 1.29 is 9.18 Å². The van der Waals surface area contributed by atoms with Crippen LogP contribution in [0.5, 0.6) is 0 Å². The number of aromatic nitrogens is 3. The number of pyridine rings is 1. The minimum absolute atomic E-state index is 0.0309. The molecule has 2 heterocycles. The molecule has 1 amide bonds. The summed E-state index contributed by atoms with van der Waals surface area (Å²) in [6.07, 6.45) is 7.54. The zero-order valence-electron chi connectivity index (χ0n) is 18.1. The third-order valence-corrected chi connectivity index (χ3v) is 6.16. The van der Waals surface area contributed by atoms with Gasteiger partial charge < -0.3 is 9.88 Å². The number of anilines is 1. The van der Waals surface area contributed by atoms with Crippen molar-refractivity contribution in [3.05, 3.63) is 42.1 Å². The first-order valence-electron chi connectivity index (χ1n) is 10.8. The molecule has 30 heavy (non-hydrogen) atoms. The van der Waals surface area contributed by atoms with E-state index >= 15 is 0 Å². The molecule has 0 aliphatic heterocycles. The first-order chi connectivity index (χ1) is 14.3. The molecule has 0 radical (unpaired) electrons. The Labute approximate surface area is 176 Å². The smallest absolute Gasteiger partial charge is 0.228 e. The zero-order valence-corrected chi connectivity index (χ0v) is 18.1. The third kappa shape index (κ3) is 3.95. The van der Waals surface area contributed by atoms with Crippen LogP contribution in [0.25, 0.3) is 22.2 Å². The van der Waals surface area contributed by atoms with Gasteiger partial charge in [-0.2, -0.15) is 0 Å². The molecule has 1 aliphatic rings. The van der Waals surface area contributed by atoms with Crippen LogP contribution in [0, 0.1) is 24.6 Å². The summed E-state index contributed by atoms with van der Waals surface area (Å²) in [5.74, 6) is 0.811. The maximum Gasteiger partial charge on any atom is 0.228 e. The molecule has 0 saturated heterocycles. The lowest BCUT2D eigenvalue weighted by Gasteiger charge is -2.25. The van der Waals surface area contributed by atoms with Crippen molar-refractivity contribution in [2.45, 2.75) is 59.4 Å². The van der Waals surface area contributed by atoms with E-state index in [9.17, 15) is 9.18 Å². The summed E-state index contributed by atoms with van der Waals surface area (Å²) in [6, 6.07) is 5.49. The highest BCUT2D eigenvalue weighted by molar-refractivity contribution is 5.93. The van der Waals surface area contributed by atoms with Gasteiger partial charge in [-0.25, -0.2) is 14.4 Å². The lowest BCUT2D eigenvalue weighted by molar-refractivity contribution is -0.121. The van der Waals surface area contributed by atoms with Crippen molar-refractivity contribution in [2.75, 3.05) is 5.32 Å². The molecular weight excluding hydrogens is 379 g/mol. The van der Waals surface area contributed by atoms with Crippen LogP contribution in [0.1, 0.15) is 58.1 Å². The first-order valence-corrected chi connectivity index (χ1v) is 10.8. The van der Waals surface area contributed by atoms with Crippen LogP contribution in [0.4, 0.5) is 10.2 Å². The van der Waals surface area contributed by atoms with Crippen LogP contribution in [0.2, 0.25) is 0 Å². The van der Waals surface area contributed by atoms with Crippen molar-refractivity contribution >= 4 is 22.8 Å². The summed E-state index contributed by atoms with van der Waals surface area (Å²) < 4.78 is 16.7. The fraction of sp³-hybridized carbons (Fsp3) is 0.458. The van der Waals surface area contributed by atoms with Crippen LogP contribution in [-0.4, -0.2) is 20.4 Å². The molecule has 1 aromatic carbocycles. The molecule has 0 spiro atoms. The van der Waals surface area contributed by atoms with Crippen molar-refractivity contribution in [3.63, 3.8) is 0 Å². The third-order valence-electron chi connectivity index (χ3n) is 6.16. The van der Waals surface area contributed by atoms with Crippen LogP contribution < -0.4 is 5.32 Å². The van der Waals surface area contributed by atoms with E-state index in [4.69, 9.17) is 0 Å². The SMILES string of the molecule is Cc1cnc(NC(=O)[C@H]2CCC[C@@H](C)C2)cc1-c1cc(F)c2ncn(C(C)C)c2c1. The topological polar surface area (TPSA) is 59.8 Å². The molecule has 3 aromatic rings. The monoisotopic (exact) mass is 408 g/mol. The van der Waals surface area contributed by atoms with Crippen LogP contribution in [-0.2, 0) is 4.79 Å². The number of aryl methyl sites for hydroxylation is 1. The summed E-state index contributed by atoms with van der Waals surface area (Å²) in [4.78, 5) is 21.4. The molecule has 1 N–H and O–H groups in total. The molecule has 0 bridgehead atoms. The second kappa shape index (κ2) is 8.17. The molecule has 1 saturated carbocycles. The van der Waals surface area contributed by atoms with E-state index in [0.717, 1.165) is 41.5 Å². The van der Waals surface area contributed by atoms with Gasteiger partial charge in [-0.1, -0.05) is 19.8 Å². The normalized spacial score (nSPS) is 19.4. The standard InChI is InChI=1S/C24H29FN4O/c1-14(2)29-13-27-23-20(25)9-18(10-21(23)29)19-11-22(26-12-16(19)4)28-24(30)17-7-5-6-15(3)8-17/h9-15,17H,5-8H2,1-4H3,(H,26,28,30)/t15-,17+/m1/s1. The number of amides is 1. The Morgan fingerprint density at radius 1 is 1.23 bits per heavy atom. The fourth-order valence-corrected chi connectivity index (χ4v) is 4.46. The van der Waals surface area contributed by atoms with Gasteiger partial charge in [0, 0.05) is 18.2 Å². The predicted octanol–water partition coefficient (Wildman–Crippen LogP) is 5.89. The minimum Gasteiger partial charge on any atom is -0.328 e. The van der Waals surface area contributed by atoms with Gasteiger partial charge in [-0.05, 0) is 74.4 Å². The Balaban J connectivity index is 1.66. The van der Waals surface area contributed by atoms with Crippen LogP contribution >= 0.6 is 0 Å². The quantitative estimate of drug-likeness (QED) is 0.585. The average molecular weight is 409 g/mol. The number of carbonyl (C=O) groups excluding carboxylic acids is 1. The largest absolute Gasteiger partial charge is 0.328 e. The molecule has 6 heteroatoms. The number of halogens is 1. The summed E-state index contributed by atoms with van der Waals surface area (Å²) in [6.45, 7) is 8.24. The number of rotatable bonds is 4. The second-order valence-corrected chi connectivity index (χ2v) is 8.91. The number of fused-ring (bicyclic) bond motifs is 1. The molecule has 158 valence electrons. The van der Waals surface area contributed by atoms with Gasteiger partial charge in [0.2, 0.25) is 5.91 Å². The van der Waals surface area contributed by atoms with Crippen LogP contribution in [0.3, 0.4) is 0 Å². The molecule has 5 nitrogen and oxygen atoms in total. The summed E-state index contributed by atoms with van der Waals surface area (Å²) >= 11 is 0. The van der Waals surface area contributed by atoms with Gasteiger partial charge in [-0.15, -0.1) is 0 Å². The Hall–Kier alpha value is -2.76. The molecular formula is C24H29FN4O. The lowest BCUT2D eigenvalue weighted by Crippen LogP contribution is -2.27. The molecule has 1 fully saturated rings. The van der Waals surface area contributed by atoms with Crippen molar-refractivity contribution in [3.8, 4) is 11.1 Å². The number of imidazole rings is 1. The summed E-state index contributed by atoms with van der Waals surface area (Å²) in [5, 5.41) is 2.98. The van der Waals surface area contributed by atoms with Crippen molar-refractivity contribution in [2.24, 2.45) is 11.8 Å². The van der Waals surface area contributed by atoms with Gasteiger partial charge in [0.15, 0.2) is 5.82 Å². The molecule has 0 unspecified atom stereocenters. The average Bonchev–Trinajstić information content (AvgIpc) is 3.14. The van der Waals surface area contributed by atoms with Crippen molar-refractivity contribution in [1.29, 1.82) is 0 Å². The van der Waals surface area contributed by atoms with E-state index in [1.807, 2.05) is 37.5 Å². The van der Waals surface area contributed by atoms with Gasteiger partial charge in [0.05, 0.1) is 11.8 Å². The van der Waals surface area contributed by atoms with Gasteiger partial charge in [-0.3, -0.25) is 4.79 Å².